The molecule has 0 aromatic heterocycles. The average Bonchev–Trinajstić information content (AvgIpc) is 3.14. The molecule has 3 aromatic carbocycles. The van der Waals surface area contributed by atoms with Gasteiger partial charge in [-0.25, -0.2) is 5.01 Å². The van der Waals surface area contributed by atoms with Gasteiger partial charge in [-0.05, 0) is 48.0 Å². The van der Waals surface area contributed by atoms with Crippen molar-refractivity contribution in [3.05, 3.63) is 98.5 Å². The Bertz CT molecular complexity index is 1060. The Kier molecular flexibility index (Phi) is 4.47. The van der Waals surface area contributed by atoms with E-state index in [2.05, 4.69) is 0 Å². The summed E-state index contributed by atoms with van der Waals surface area (Å²) in [5, 5.41) is 9.03. The maximum Gasteiger partial charge on any atom is 0.213 e. The Balaban J connectivity index is 1.59. The molecular weight excluding hydrogens is 415 g/mol. The first-order valence-electron chi connectivity index (χ1n) is 8.92. The Morgan fingerprint density at radius 2 is 1.46 bits per heavy atom. The number of halogens is 3. The molecule has 0 bridgehead atoms. The van der Waals surface area contributed by atoms with Crippen LogP contribution in [-0.2, 0) is 0 Å². The fourth-order valence-corrected chi connectivity index (χ4v) is 4.15. The summed E-state index contributed by atoms with van der Waals surface area (Å²) < 4.78 is 6.33. The fraction of sp³-hybridized carbons (Fsp3) is 0.136. The molecule has 0 saturated carbocycles. The first kappa shape index (κ1) is 17.9. The van der Waals surface area contributed by atoms with Crippen LogP contribution in [0, 0.1) is 0 Å². The smallest absolute Gasteiger partial charge is 0.213 e. The third-order valence-electron chi connectivity index (χ3n) is 5.08. The van der Waals surface area contributed by atoms with Gasteiger partial charge in [0.1, 0.15) is 5.75 Å². The van der Waals surface area contributed by atoms with Crippen LogP contribution in [0.25, 0.3) is 0 Å². The Morgan fingerprint density at radius 1 is 0.821 bits per heavy atom. The highest BCUT2D eigenvalue weighted by molar-refractivity contribution is 6.31. The minimum Gasteiger partial charge on any atom is -0.464 e. The third-order valence-corrected chi connectivity index (χ3v) is 5.82. The highest BCUT2D eigenvalue weighted by Crippen LogP contribution is 2.48. The van der Waals surface area contributed by atoms with E-state index >= 15 is 0 Å². The van der Waals surface area contributed by atoms with Crippen LogP contribution in [-0.4, -0.2) is 10.7 Å². The van der Waals surface area contributed by atoms with Crippen molar-refractivity contribution < 1.29 is 4.74 Å². The topological polar surface area (TPSA) is 24.8 Å². The van der Waals surface area contributed by atoms with Crippen LogP contribution in [0.15, 0.2) is 71.8 Å². The first-order valence-corrected chi connectivity index (χ1v) is 10.1. The van der Waals surface area contributed by atoms with E-state index in [-0.39, 0.29) is 12.3 Å². The lowest BCUT2D eigenvalue weighted by molar-refractivity contribution is -0.0190. The van der Waals surface area contributed by atoms with Crippen LogP contribution in [0.5, 0.6) is 5.75 Å². The molecule has 0 unspecified atom stereocenters. The van der Waals surface area contributed by atoms with Crippen molar-refractivity contribution in [3.8, 4) is 5.75 Å². The molecule has 6 heteroatoms. The second-order valence-corrected chi connectivity index (χ2v) is 8.17. The molecule has 0 fully saturated rings. The molecular formula is C22H15Cl3N2O. The number of hydrogen-bond acceptors (Lipinski definition) is 3. The van der Waals surface area contributed by atoms with Gasteiger partial charge in [-0.15, -0.1) is 0 Å². The van der Waals surface area contributed by atoms with Crippen molar-refractivity contribution in [2.75, 3.05) is 0 Å². The van der Waals surface area contributed by atoms with Gasteiger partial charge in [0.15, 0.2) is 0 Å². The monoisotopic (exact) mass is 428 g/mol. The Labute approximate surface area is 178 Å². The number of nitrogens with zero attached hydrogens (tertiary/aromatic N) is 2. The lowest BCUT2D eigenvalue weighted by atomic mass is 9.96. The first-order chi connectivity index (χ1) is 13.6. The number of fused-ring (bicyclic) bond motifs is 3. The van der Waals surface area contributed by atoms with Crippen molar-refractivity contribution in [1.82, 2.24) is 5.01 Å². The van der Waals surface area contributed by atoms with Crippen molar-refractivity contribution in [3.63, 3.8) is 0 Å². The predicted octanol–water partition coefficient (Wildman–Crippen LogP) is 6.89. The molecule has 0 spiro atoms. The fourth-order valence-electron chi connectivity index (χ4n) is 3.72. The highest BCUT2D eigenvalue weighted by Gasteiger charge is 2.41. The Hall–Kier alpha value is -2.20. The average molecular weight is 430 g/mol. The van der Waals surface area contributed by atoms with Crippen molar-refractivity contribution in [2.45, 2.75) is 18.7 Å². The molecule has 2 aliphatic heterocycles. The summed E-state index contributed by atoms with van der Waals surface area (Å²) in [6.07, 6.45) is 0.434. The lowest BCUT2D eigenvalue weighted by Crippen LogP contribution is -2.33. The van der Waals surface area contributed by atoms with Gasteiger partial charge < -0.3 is 4.74 Å². The molecule has 140 valence electrons. The molecule has 0 N–H and O–H groups in total. The molecule has 3 aromatic rings. The van der Waals surface area contributed by atoms with E-state index in [0.29, 0.717) is 15.1 Å². The highest BCUT2D eigenvalue weighted by atomic mass is 35.5. The molecule has 0 amide bonds. The van der Waals surface area contributed by atoms with Gasteiger partial charge in [0, 0.05) is 32.6 Å². The van der Waals surface area contributed by atoms with E-state index in [4.69, 9.17) is 44.6 Å². The minimum atomic E-state index is -0.333. The summed E-state index contributed by atoms with van der Waals surface area (Å²) in [4.78, 5) is 0. The Morgan fingerprint density at radius 3 is 2.18 bits per heavy atom. The maximum atomic E-state index is 6.33. The van der Waals surface area contributed by atoms with Crippen LogP contribution in [0.4, 0.5) is 0 Å². The number of hydrazone groups is 1. The quantitative estimate of drug-likeness (QED) is 0.443. The maximum absolute atomic E-state index is 6.33. The second-order valence-electron chi connectivity index (χ2n) is 6.86. The van der Waals surface area contributed by atoms with E-state index in [1.807, 2.05) is 71.7 Å². The normalized spacial score (nSPS) is 20.2. The van der Waals surface area contributed by atoms with Crippen LogP contribution in [0.2, 0.25) is 15.1 Å². The van der Waals surface area contributed by atoms with Gasteiger partial charge in [-0.3, -0.25) is 0 Å². The molecule has 0 saturated heterocycles. The van der Waals surface area contributed by atoms with Gasteiger partial charge in [0.2, 0.25) is 6.23 Å². The summed E-state index contributed by atoms with van der Waals surface area (Å²) >= 11 is 18.4. The van der Waals surface area contributed by atoms with E-state index < -0.39 is 0 Å². The molecule has 2 aliphatic rings. The second kappa shape index (κ2) is 7.00. The zero-order valence-corrected chi connectivity index (χ0v) is 16.9. The SMILES string of the molecule is Clc1ccc(C2=NN3[C@H](C2)c2cc(Cl)ccc2O[C@H]3c2ccc(Cl)cc2)cc1. The van der Waals surface area contributed by atoms with Crippen molar-refractivity contribution >= 4 is 40.5 Å². The van der Waals surface area contributed by atoms with E-state index in [1.165, 1.54) is 0 Å². The van der Waals surface area contributed by atoms with E-state index in [9.17, 15) is 0 Å². The largest absolute Gasteiger partial charge is 0.464 e. The number of hydrogen-bond donors (Lipinski definition) is 0. The zero-order valence-electron chi connectivity index (χ0n) is 14.6. The van der Waals surface area contributed by atoms with Crippen LogP contribution in [0.3, 0.4) is 0 Å². The van der Waals surface area contributed by atoms with Gasteiger partial charge in [-0.2, -0.15) is 5.10 Å². The van der Waals surface area contributed by atoms with Gasteiger partial charge >= 0.3 is 0 Å². The van der Waals surface area contributed by atoms with Gasteiger partial charge in [0.25, 0.3) is 0 Å². The van der Waals surface area contributed by atoms with Crippen LogP contribution < -0.4 is 4.74 Å². The van der Waals surface area contributed by atoms with Gasteiger partial charge in [0.05, 0.1) is 11.8 Å². The lowest BCUT2D eigenvalue weighted by Gasteiger charge is -2.38. The number of ether oxygens (including phenoxy) is 1. The molecule has 28 heavy (non-hydrogen) atoms. The summed E-state index contributed by atoms with van der Waals surface area (Å²) in [6.45, 7) is 0. The zero-order chi connectivity index (χ0) is 19.3. The molecule has 0 radical (unpaired) electrons. The van der Waals surface area contributed by atoms with Crippen molar-refractivity contribution in [2.24, 2.45) is 5.10 Å². The summed E-state index contributed by atoms with van der Waals surface area (Å²) in [5.74, 6) is 0.832. The standard InChI is InChI=1S/C22H15Cl3N2O/c23-15-5-1-13(2-6-15)19-12-20-18-11-17(25)9-10-21(18)28-22(27(20)26-19)14-3-7-16(24)8-4-14/h1-11,20,22H,12H2/t20-,22+/m1/s1. The number of benzene rings is 3. The molecule has 3 nitrogen and oxygen atoms in total. The van der Waals surface area contributed by atoms with E-state index in [0.717, 1.165) is 34.6 Å². The van der Waals surface area contributed by atoms with Crippen LogP contribution in [0.1, 0.15) is 35.4 Å². The van der Waals surface area contributed by atoms with Gasteiger partial charge in [-0.1, -0.05) is 59.1 Å². The number of rotatable bonds is 2. The molecule has 2 heterocycles. The molecule has 5 rings (SSSR count). The summed E-state index contributed by atoms with van der Waals surface area (Å²) in [6, 6.07) is 21.2. The minimum absolute atomic E-state index is 0.0498. The predicted molar refractivity (Wildman–Crippen MR) is 113 cm³/mol. The molecule has 0 aliphatic carbocycles. The molecule has 2 atom stereocenters. The third kappa shape index (κ3) is 3.14. The van der Waals surface area contributed by atoms with Crippen molar-refractivity contribution in [1.29, 1.82) is 0 Å². The van der Waals surface area contributed by atoms with Crippen LogP contribution >= 0.6 is 34.8 Å². The summed E-state index contributed by atoms with van der Waals surface area (Å²) in [5.41, 5.74) is 4.09. The van der Waals surface area contributed by atoms with E-state index in [1.54, 1.807) is 0 Å². The summed E-state index contributed by atoms with van der Waals surface area (Å²) in [7, 11) is 0.